The molecule has 0 saturated heterocycles. The Balaban J connectivity index is 2.60. The van der Waals surface area contributed by atoms with Gasteiger partial charge in [-0.15, -0.1) is 0 Å². The molecule has 0 amide bonds. The fourth-order valence-electron chi connectivity index (χ4n) is 2.46. The second kappa shape index (κ2) is 4.89. The minimum Gasteiger partial charge on any atom is -0.497 e. The van der Waals surface area contributed by atoms with Gasteiger partial charge in [-0.1, -0.05) is 0 Å². The number of fused-ring (bicyclic) bond motifs is 1. The van der Waals surface area contributed by atoms with Crippen LogP contribution in [0.3, 0.4) is 0 Å². The van der Waals surface area contributed by atoms with Crippen molar-refractivity contribution in [2.24, 2.45) is 0 Å². The third kappa shape index (κ3) is 2.92. The Bertz CT molecular complexity index is 576. The van der Waals surface area contributed by atoms with Crippen molar-refractivity contribution in [3.63, 3.8) is 0 Å². The molecule has 3 heteroatoms. The SMILES string of the molecule is COc1ccc2c(CC(C)(C)O)cn(C(C)C)c2c1. The highest BCUT2D eigenvalue weighted by molar-refractivity contribution is 5.85. The van der Waals surface area contributed by atoms with Crippen LogP contribution in [-0.2, 0) is 6.42 Å². The Morgan fingerprint density at radius 3 is 2.53 bits per heavy atom. The van der Waals surface area contributed by atoms with E-state index in [0.717, 1.165) is 11.3 Å². The fourth-order valence-corrected chi connectivity index (χ4v) is 2.46. The van der Waals surface area contributed by atoms with Crippen LogP contribution >= 0.6 is 0 Å². The van der Waals surface area contributed by atoms with Gasteiger partial charge in [0.1, 0.15) is 5.75 Å². The van der Waals surface area contributed by atoms with Gasteiger partial charge in [0.25, 0.3) is 0 Å². The molecule has 0 saturated carbocycles. The lowest BCUT2D eigenvalue weighted by atomic mass is 9.98. The van der Waals surface area contributed by atoms with E-state index in [9.17, 15) is 5.11 Å². The first-order chi connectivity index (χ1) is 8.81. The zero-order valence-corrected chi connectivity index (χ0v) is 12.4. The summed E-state index contributed by atoms with van der Waals surface area (Å²) in [5.74, 6) is 0.863. The molecule has 0 radical (unpaired) electrons. The second-order valence-corrected chi connectivity index (χ2v) is 6.03. The minimum absolute atomic E-state index is 0.380. The van der Waals surface area contributed by atoms with Crippen LogP contribution < -0.4 is 4.74 Å². The normalized spacial score (nSPS) is 12.4. The van der Waals surface area contributed by atoms with Gasteiger partial charge in [-0.3, -0.25) is 0 Å². The number of methoxy groups -OCH3 is 1. The average Bonchev–Trinajstić information content (AvgIpc) is 2.65. The lowest BCUT2D eigenvalue weighted by Crippen LogP contribution is -2.21. The van der Waals surface area contributed by atoms with Crippen molar-refractivity contribution < 1.29 is 9.84 Å². The lowest BCUT2D eigenvalue weighted by Gasteiger charge is -2.16. The number of nitrogens with zero attached hydrogens (tertiary/aromatic N) is 1. The maximum Gasteiger partial charge on any atom is 0.120 e. The molecule has 2 rings (SSSR count). The van der Waals surface area contributed by atoms with Crippen molar-refractivity contribution in [1.29, 1.82) is 0 Å². The molecule has 2 aromatic rings. The van der Waals surface area contributed by atoms with Crippen LogP contribution in [0.2, 0.25) is 0 Å². The van der Waals surface area contributed by atoms with Crippen LogP contribution in [-0.4, -0.2) is 22.4 Å². The zero-order valence-electron chi connectivity index (χ0n) is 12.4. The van der Waals surface area contributed by atoms with Crippen LogP contribution in [0.15, 0.2) is 24.4 Å². The van der Waals surface area contributed by atoms with E-state index in [4.69, 9.17) is 4.74 Å². The molecular formula is C16H23NO2. The van der Waals surface area contributed by atoms with Gasteiger partial charge < -0.3 is 14.4 Å². The second-order valence-electron chi connectivity index (χ2n) is 6.03. The predicted octanol–water partition coefficient (Wildman–Crippen LogP) is 3.54. The van der Waals surface area contributed by atoms with Gasteiger partial charge in [0, 0.05) is 30.1 Å². The highest BCUT2D eigenvalue weighted by Crippen LogP contribution is 2.30. The number of benzene rings is 1. The third-order valence-corrected chi connectivity index (χ3v) is 3.30. The predicted molar refractivity (Wildman–Crippen MR) is 78.9 cm³/mol. The molecule has 0 aliphatic heterocycles. The van der Waals surface area contributed by atoms with E-state index in [1.165, 1.54) is 10.9 Å². The monoisotopic (exact) mass is 261 g/mol. The maximum atomic E-state index is 10.0. The summed E-state index contributed by atoms with van der Waals surface area (Å²) in [6.07, 6.45) is 2.79. The van der Waals surface area contributed by atoms with Crippen molar-refractivity contribution in [1.82, 2.24) is 4.57 Å². The van der Waals surface area contributed by atoms with E-state index in [1.54, 1.807) is 7.11 Å². The number of hydrogen-bond donors (Lipinski definition) is 1. The van der Waals surface area contributed by atoms with Crippen LogP contribution in [0.1, 0.15) is 39.3 Å². The fraction of sp³-hybridized carbons (Fsp3) is 0.500. The summed E-state index contributed by atoms with van der Waals surface area (Å²) in [6.45, 7) is 8.00. The summed E-state index contributed by atoms with van der Waals surface area (Å²) in [6, 6.07) is 6.49. The summed E-state index contributed by atoms with van der Waals surface area (Å²) in [4.78, 5) is 0. The van der Waals surface area contributed by atoms with Crippen molar-refractivity contribution >= 4 is 10.9 Å². The van der Waals surface area contributed by atoms with Crippen molar-refractivity contribution in [3.8, 4) is 5.75 Å². The van der Waals surface area contributed by atoms with E-state index in [-0.39, 0.29) is 0 Å². The van der Waals surface area contributed by atoms with Gasteiger partial charge in [-0.2, -0.15) is 0 Å². The highest BCUT2D eigenvalue weighted by atomic mass is 16.5. The molecule has 0 aliphatic rings. The van der Waals surface area contributed by atoms with Crippen LogP contribution in [0.5, 0.6) is 5.75 Å². The summed E-state index contributed by atoms with van der Waals surface area (Å²) in [7, 11) is 1.68. The molecule has 0 spiro atoms. The maximum absolute atomic E-state index is 10.0. The Morgan fingerprint density at radius 2 is 2.00 bits per heavy atom. The molecule has 0 bridgehead atoms. The van der Waals surface area contributed by atoms with Gasteiger partial charge in [0.05, 0.1) is 18.2 Å². The molecule has 104 valence electrons. The van der Waals surface area contributed by atoms with Crippen LogP contribution in [0, 0.1) is 0 Å². The molecule has 19 heavy (non-hydrogen) atoms. The summed E-state index contributed by atoms with van der Waals surface area (Å²) >= 11 is 0. The number of hydrogen-bond acceptors (Lipinski definition) is 2. The third-order valence-electron chi connectivity index (χ3n) is 3.30. The van der Waals surface area contributed by atoms with Crippen molar-refractivity contribution in [3.05, 3.63) is 30.0 Å². The first-order valence-electron chi connectivity index (χ1n) is 6.71. The first-order valence-corrected chi connectivity index (χ1v) is 6.71. The van der Waals surface area contributed by atoms with Gasteiger partial charge >= 0.3 is 0 Å². The standard InChI is InChI=1S/C16H23NO2/c1-11(2)17-10-12(9-16(3,4)18)14-7-6-13(19-5)8-15(14)17/h6-8,10-11,18H,9H2,1-5H3. The van der Waals surface area contributed by atoms with Crippen LogP contribution in [0.4, 0.5) is 0 Å². The molecule has 3 nitrogen and oxygen atoms in total. The largest absolute Gasteiger partial charge is 0.497 e. The molecule has 0 atom stereocenters. The van der Waals surface area contributed by atoms with E-state index >= 15 is 0 Å². The molecule has 1 heterocycles. The Morgan fingerprint density at radius 1 is 1.32 bits per heavy atom. The molecule has 0 unspecified atom stereocenters. The smallest absolute Gasteiger partial charge is 0.120 e. The van der Waals surface area contributed by atoms with Gasteiger partial charge in [-0.05, 0) is 45.4 Å². The Labute approximate surface area is 114 Å². The minimum atomic E-state index is -0.698. The number of aromatic nitrogens is 1. The number of aliphatic hydroxyl groups is 1. The van der Waals surface area contributed by atoms with Crippen LogP contribution in [0.25, 0.3) is 10.9 Å². The van der Waals surface area contributed by atoms with Crippen molar-refractivity contribution in [2.45, 2.75) is 45.8 Å². The zero-order chi connectivity index (χ0) is 14.2. The molecule has 0 fully saturated rings. The first kappa shape index (κ1) is 13.9. The molecule has 0 aliphatic carbocycles. The topological polar surface area (TPSA) is 34.4 Å². The molecule has 1 aromatic heterocycles. The molecule has 1 N–H and O–H groups in total. The van der Waals surface area contributed by atoms with E-state index < -0.39 is 5.60 Å². The number of ether oxygens (including phenoxy) is 1. The summed E-state index contributed by atoms with van der Waals surface area (Å²) < 4.78 is 7.54. The van der Waals surface area contributed by atoms with E-state index in [1.807, 2.05) is 19.9 Å². The average molecular weight is 261 g/mol. The van der Waals surface area contributed by atoms with Crippen molar-refractivity contribution in [2.75, 3.05) is 7.11 Å². The van der Waals surface area contributed by atoms with E-state index in [2.05, 4.69) is 36.7 Å². The Hall–Kier alpha value is -1.48. The molecule has 1 aromatic carbocycles. The summed E-state index contributed by atoms with van der Waals surface area (Å²) in [5.41, 5.74) is 1.64. The molecular weight excluding hydrogens is 238 g/mol. The summed E-state index contributed by atoms with van der Waals surface area (Å²) in [5, 5.41) is 11.2. The van der Waals surface area contributed by atoms with Gasteiger partial charge in [0.15, 0.2) is 0 Å². The Kier molecular flexibility index (Phi) is 3.59. The van der Waals surface area contributed by atoms with Gasteiger partial charge in [0.2, 0.25) is 0 Å². The lowest BCUT2D eigenvalue weighted by molar-refractivity contribution is 0.0813. The van der Waals surface area contributed by atoms with E-state index in [0.29, 0.717) is 12.5 Å². The van der Waals surface area contributed by atoms with Gasteiger partial charge in [-0.25, -0.2) is 0 Å². The highest BCUT2D eigenvalue weighted by Gasteiger charge is 2.18. The number of rotatable bonds is 4. The quantitative estimate of drug-likeness (QED) is 0.913.